The second-order valence-electron chi connectivity index (χ2n) is 4.74. The van der Waals surface area contributed by atoms with Crippen LogP contribution in [0.4, 0.5) is 0 Å². The number of ether oxygens (including phenoxy) is 2. The van der Waals surface area contributed by atoms with Gasteiger partial charge in [0.1, 0.15) is 11.5 Å². The summed E-state index contributed by atoms with van der Waals surface area (Å²) in [5.74, 6) is 2.61. The molecule has 94 valence electrons. The van der Waals surface area contributed by atoms with Gasteiger partial charge >= 0.3 is 0 Å². The van der Waals surface area contributed by atoms with Crippen LogP contribution in [0.5, 0.6) is 11.5 Å². The third-order valence-corrected chi connectivity index (χ3v) is 3.42. The molecule has 0 amide bonds. The van der Waals surface area contributed by atoms with Crippen molar-refractivity contribution in [3.8, 4) is 11.5 Å². The van der Waals surface area contributed by atoms with Crippen molar-refractivity contribution in [1.29, 1.82) is 0 Å². The maximum Gasteiger partial charge on any atom is 0.123 e. The van der Waals surface area contributed by atoms with Gasteiger partial charge in [0.05, 0.1) is 14.2 Å². The first-order valence-electron chi connectivity index (χ1n) is 6.22. The molecule has 1 saturated carbocycles. The molecule has 0 bridgehead atoms. The number of methoxy groups -OCH3 is 2. The molecule has 1 unspecified atom stereocenters. The highest BCUT2D eigenvalue weighted by Gasteiger charge is 2.23. The summed E-state index contributed by atoms with van der Waals surface area (Å²) >= 11 is 0. The van der Waals surface area contributed by atoms with Gasteiger partial charge in [0.15, 0.2) is 0 Å². The van der Waals surface area contributed by atoms with Crippen LogP contribution in [0.2, 0.25) is 0 Å². The Bertz CT molecular complexity index is 374. The summed E-state index contributed by atoms with van der Waals surface area (Å²) in [6.07, 6.45) is 5.00. The Hall–Kier alpha value is -1.22. The average Bonchev–Trinajstić information content (AvgIpc) is 3.19. The van der Waals surface area contributed by atoms with Gasteiger partial charge < -0.3 is 15.2 Å². The molecule has 1 fully saturated rings. The number of hydrogen-bond donors (Lipinski definition) is 1. The second kappa shape index (κ2) is 5.41. The van der Waals surface area contributed by atoms with Crippen molar-refractivity contribution < 1.29 is 9.47 Å². The Morgan fingerprint density at radius 3 is 2.65 bits per heavy atom. The summed E-state index contributed by atoms with van der Waals surface area (Å²) in [5.41, 5.74) is 7.28. The highest BCUT2D eigenvalue weighted by molar-refractivity contribution is 5.42. The van der Waals surface area contributed by atoms with Gasteiger partial charge in [0, 0.05) is 11.6 Å². The quantitative estimate of drug-likeness (QED) is 0.824. The van der Waals surface area contributed by atoms with Gasteiger partial charge in [-0.2, -0.15) is 0 Å². The molecular formula is C14H21NO2. The summed E-state index contributed by atoms with van der Waals surface area (Å²) in [5, 5.41) is 0. The molecule has 0 saturated heterocycles. The van der Waals surface area contributed by atoms with Crippen molar-refractivity contribution in [3.05, 3.63) is 23.8 Å². The number of hydrogen-bond acceptors (Lipinski definition) is 3. The van der Waals surface area contributed by atoms with E-state index in [1.54, 1.807) is 14.2 Å². The van der Waals surface area contributed by atoms with Crippen LogP contribution in [0.15, 0.2) is 18.2 Å². The minimum Gasteiger partial charge on any atom is -0.497 e. The lowest BCUT2D eigenvalue weighted by atomic mass is 10.00. The van der Waals surface area contributed by atoms with Crippen molar-refractivity contribution in [2.45, 2.75) is 31.7 Å². The Balaban J connectivity index is 2.08. The van der Waals surface area contributed by atoms with Crippen LogP contribution in [-0.2, 0) is 0 Å². The van der Waals surface area contributed by atoms with E-state index < -0.39 is 0 Å². The molecular weight excluding hydrogens is 214 g/mol. The van der Waals surface area contributed by atoms with E-state index in [0.717, 1.165) is 29.4 Å². The highest BCUT2D eigenvalue weighted by Crippen LogP contribution is 2.37. The lowest BCUT2D eigenvalue weighted by Crippen LogP contribution is -2.12. The third kappa shape index (κ3) is 3.13. The molecule has 2 N–H and O–H groups in total. The van der Waals surface area contributed by atoms with Crippen LogP contribution in [0, 0.1) is 5.92 Å². The molecule has 1 aromatic carbocycles. The van der Waals surface area contributed by atoms with Crippen LogP contribution in [0.3, 0.4) is 0 Å². The maximum atomic E-state index is 6.24. The van der Waals surface area contributed by atoms with E-state index in [-0.39, 0.29) is 6.04 Å². The molecule has 1 aromatic rings. The summed E-state index contributed by atoms with van der Waals surface area (Å²) in [6, 6.07) is 5.85. The minimum atomic E-state index is 0.0423. The maximum absolute atomic E-state index is 6.24. The first-order chi connectivity index (χ1) is 8.24. The zero-order valence-electron chi connectivity index (χ0n) is 10.6. The number of benzene rings is 1. The molecule has 0 spiro atoms. The van der Waals surface area contributed by atoms with Gasteiger partial charge in [-0.1, -0.05) is 12.8 Å². The van der Waals surface area contributed by atoms with Crippen LogP contribution in [0.1, 0.15) is 37.3 Å². The largest absolute Gasteiger partial charge is 0.497 e. The summed E-state index contributed by atoms with van der Waals surface area (Å²) in [6.45, 7) is 0. The van der Waals surface area contributed by atoms with Gasteiger partial charge in [-0.15, -0.1) is 0 Å². The van der Waals surface area contributed by atoms with E-state index in [1.165, 1.54) is 19.3 Å². The zero-order valence-corrected chi connectivity index (χ0v) is 10.6. The molecule has 17 heavy (non-hydrogen) atoms. The average molecular weight is 235 g/mol. The third-order valence-electron chi connectivity index (χ3n) is 3.42. The van der Waals surface area contributed by atoms with E-state index in [9.17, 15) is 0 Å². The minimum absolute atomic E-state index is 0.0423. The van der Waals surface area contributed by atoms with Gasteiger partial charge in [0.2, 0.25) is 0 Å². The molecule has 0 aliphatic heterocycles. The topological polar surface area (TPSA) is 44.5 Å². The smallest absolute Gasteiger partial charge is 0.123 e. The molecule has 0 radical (unpaired) electrons. The first kappa shape index (κ1) is 12.2. The fourth-order valence-corrected chi connectivity index (χ4v) is 2.11. The Kier molecular flexibility index (Phi) is 3.89. The SMILES string of the molecule is COc1ccc(OC)c(C(N)CCC2CC2)c1. The van der Waals surface area contributed by atoms with Crippen LogP contribution < -0.4 is 15.2 Å². The number of nitrogens with two attached hydrogens (primary N) is 1. The van der Waals surface area contributed by atoms with Gasteiger partial charge in [0.25, 0.3) is 0 Å². The lowest BCUT2D eigenvalue weighted by molar-refractivity contribution is 0.393. The van der Waals surface area contributed by atoms with Crippen LogP contribution in [0.25, 0.3) is 0 Å². The monoisotopic (exact) mass is 235 g/mol. The summed E-state index contributed by atoms with van der Waals surface area (Å²) in [4.78, 5) is 0. The molecule has 0 aromatic heterocycles. The van der Waals surface area contributed by atoms with Gasteiger partial charge in [-0.05, 0) is 37.0 Å². The van der Waals surface area contributed by atoms with E-state index in [4.69, 9.17) is 15.2 Å². The van der Waals surface area contributed by atoms with Gasteiger partial charge in [-0.25, -0.2) is 0 Å². The van der Waals surface area contributed by atoms with E-state index in [0.29, 0.717) is 0 Å². The fourth-order valence-electron chi connectivity index (χ4n) is 2.11. The zero-order chi connectivity index (χ0) is 12.3. The van der Waals surface area contributed by atoms with Crippen LogP contribution >= 0.6 is 0 Å². The van der Waals surface area contributed by atoms with Crippen molar-refractivity contribution in [3.63, 3.8) is 0 Å². The predicted octanol–water partition coefficient (Wildman–Crippen LogP) is 2.89. The standard InChI is InChI=1S/C14H21NO2/c1-16-11-6-8-14(17-2)12(9-11)13(15)7-5-10-3-4-10/h6,8-10,13H,3-5,7,15H2,1-2H3. The molecule has 1 aliphatic rings. The highest BCUT2D eigenvalue weighted by atomic mass is 16.5. The van der Waals surface area contributed by atoms with Gasteiger partial charge in [-0.3, -0.25) is 0 Å². The van der Waals surface area contributed by atoms with Crippen LogP contribution in [-0.4, -0.2) is 14.2 Å². The normalized spacial score (nSPS) is 16.6. The Morgan fingerprint density at radius 1 is 1.29 bits per heavy atom. The second-order valence-corrected chi connectivity index (χ2v) is 4.74. The Morgan fingerprint density at radius 2 is 2.06 bits per heavy atom. The molecule has 1 aliphatic carbocycles. The molecule has 1 atom stereocenters. The summed E-state index contributed by atoms with van der Waals surface area (Å²) < 4.78 is 10.6. The molecule has 3 nitrogen and oxygen atoms in total. The van der Waals surface area contributed by atoms with E-state index >= 15 is 0 Å². The van der Waals surface area contributed by atoms with Crippen molar-refractivity contribution in [1.82, 2.24) is 0 Å². The first-order valence-corrected chi connectivity index (χ1v) is 6.22. The molecule has 3 heteroatoms. The van der Waals surface area contributed by atoms with Crippen molar-refractivity contribution in [2.75, 3.05) is 14.2 Å². The summed E-state index contributed by atoms with van der Waals surface area (Å²) in [7, 11) is 3.35. The predicted molar refractivity (Wildman–Crippen MR) is 68.4 cm³/mol. The van der Waals surface area contributed by atoms with E-state index in [1.807, 2.05) is 18.2 Å². The van der Waals surface area contributed by atoms with E-state index in [2.05, 4.69) is 0 Å². The molecule has 2 rings (SSSR count). The van der Waals surface area contributed by atoms with Crippen molar-refractivity contribution >= 4 is 0 Å². The van der Waals surface area contributed by atoms with Crippen molar-refractivity contribution in [2.24, 2.45) is 11.7 Å². The Labute approximate surface area is 103 Å². The number of rotatable bonds is 6. The molecule has 0 heterocycles. The lowest BCUT2D eigenvalue weighted by Gasteiger charge is -2.16. The fraction of sp³-hybridized carbons (Fsp3) is 0.571.